The summed E-state index contributed by atoms with van der Waals surface area (Å²) in [4.78, 5) is 0. The van der Waals surface area contributed by atoms with E-state index in [2.05, 4.69) is 26.0 Å². The van der Waals surface area contributed by atoms with Gasteiger partial charge in [-0.2, -0.15) is 29.3 Å². The Morgan fingerprint density at radius 3 is 2.08 bits per heavy atom. The van der Waals surface area contributed by atoms with E-state index in [0.717, 1.165) is 74.7 Å². The normalized spacial score (nSPS) is 31.7. The molecule has 1 aromatic rings. The predicted molar refractivity (Wildman–Crippen MR) is 97.2 cm³/mol. The minimum absolute atomic E-state index is 0. The maximum atomic E-state index is 11.3. The van der Waals surface area contributed by atoms with Crippen LogP contribution in [0, 0.1) is 31.7 Å². The first-order valence-electron chi connectivity index (χ1n) is 10.0. The third-order valence-electron chi connectivity index (χ3n) is 7.15. The van der Waals surface area contributed by atoms with E-state index in [1.807, 2.05) is 6.07 Å². The molecule has 26 heavy (non-hydrogen) atoms. The van der Waals surface area contributed by atoms with Gasteiger partial charge in [0.05, 0.1) is 18.8 Å². The molecule has 3 aliphatic rings. The molecule has 1 heterocycles. The Bertz CT molecular complexity index is 606. The Morgan fingerprint density at radius 2 is 1.50 bits per heavy atom. The van der Waals surface area contributed by atoms with Gasteiger partial charge in [-0.3, -0.25) is 0 Å². The number of aliphatic hydroxyl groups is 1. The summed E-state index contributed by atoms with van der Waals surface area (Å²) in [5.41, 5.74) is 2.84. The molecule has 1 N–H and O–H groups in total. The van der Waals surface area contributed by atoms with E-state index in [1.165, 1.54) is 18.4 Å². The van der Waals surface area contributed by atoms with Crippen molar-refractivity contribution in [2.45, 2.75) is 76.6 Å². The van der Waals surface area contributed by atoms with Crippen LogP contribution in [0.5, 0.6) is 0 Å². The third kappa shape index (κ3) is 4.24. The van der Waals surface area contributed by atoms with Crippen LogP contribution < -0.4 is 58.2 Å². The Hall–Kier alpha value is 0.905. The summed E-state index contributed by atoms with van der Waals surface area (Å²) in [6.45, 7) is 5.72. The van der Waals surface area contributed by atoms with Crippen molar-refractivity contribution in [2.24, 2.45) is 11.8 Å². The summed E-state index contributed by atoms with van der Waals surface area (Å²) in [7, 11) is 0. The van der Waals surface area contributed by atoms with Gasteiger partial charge in [-0.05, 0) is 50.4 Å². The average Bonchev–Trinajstić information content (AvgIpc) is 3.07. The van der Waals surface area contributed by atoms with Crippen molar-refractivity contribution in [3.63, 3.8) is 0 Å². The molecule has 0 unspecified atom stereocenters. The summed E-state index contributed by atoms with van der Waals surface area (Å²) < 4.78 is 11.7. The molecule has 0 amide bonds. The minimum Gasteiger partial charge on any atom is -0.387 e. The standard InChI is InChI=1S/C22H31O3.Rb/c1-16-4-3-5-20(17(16)2)21(23)10-6-18(7-11-21)19-8-12-22(13-9-19)24-14-15-25-22;/h3,5,18-19,23H,6-15H2,1-2H3;/q-1;+1. The van der Waals surface area contributed by atoms with Crippen molar-refractivity contribution in [3.8, 4) is 0 Å². The second-order valence-electron chi connectivity index (χ2n) is 8.46. The zero-order valence-electron chi connectivity index (χ0n) is 16.6. The largest absolute Gasteiger partial charge is 1.00 e. The molecule has 0 atom stereocenters. The van der Waals surface area contributed by atoms with Gasteiger partial charge in [-0.1, -0.05) is 13.8 Å². The van der Waals surface area contributed by atoms with Crippen LogP contribution in [-0.4, -0.2) is 24.1 Å². The van der Waals surface area contributed by atoms with Crippen LogP contribution in [0.25, 0.3) is 0 Å². The molecule has 2 saturated carbocycles. The Morgan fingerprint density at radius 1 is 0.962 bits per heavy atom. The maximum Gasteiger partial charge on any atom is 1.00 e. The summed E-state index contributed by atoms with van der Waals surface area (Å²) in [5.74, 6) is 1.27. The number of hydrogen-bond donors (Lipinski definition) is 1. The minimum atomic E-state index is -0.645. The van der Waals surface area contributed by atoms with Crippen LogP contribution in [0.4, 0.5) is 0 Å². The second-order valence-corrected chi connectivity index (χ2v) is 8.46. The van der Waals surface area contributed by atoms with Crippen molar-refractivity contribution >= 4 is 0 Å². The molecule has 1 aliphatic heterocycles. The van der Waals surface area contributed by atoms with E-state index in [4.69, 9.17) is 9.47 Å². The molecular weight excluding hydrogens is 398 g/mol. The first kappa shape index (κ1) is 21.6. The van der Waals surface area contributed by atoms with Crippen LogP contribution in [0.2, 0.25) is 0 Å². The Kier molecular flexibility index (Phi) is 7.25. The molecule has 2 aliphatic carbocycles. The van der Waals surface area contributed by atoms with Gasteiger partial charge in [0.1, 0.15) is 0 Å². The quantitative estimate of drug-likeness (QED) is 0.724. The van der Waals surface area contributed by atoms with Gasteiger partial charge in [0.15, 0.2) is 5.79 Å². The average molecular weight is 429 g/mol. The van der Waals surface area contributed by atoms with Gasteiger partial charge in [0.2, 0.25) is 0 Å². The number of aryl methyl sites for hydroxylation is 1. The summed E-state index contributed by atoms with van der Waals surface area (Å²) in [6, 6.07) is 7.28. The summed E-state index contributed by atoms with van der Waals surface area (Å²) in [5, 5.41) is 11.3. The number of hydrogen-bond acceptors (Lipinski definition) is 3. The van der Waals surface area contributed by atoms with E-state index in [-0.39, 0.29) is 64.0 Å². The van der Waals surface area contributed by atoms with E-state index in [9.17, 15) is 5.11 Å². The molecule has 0 aromatic heterocycles. The number of benzene rings is 1. The fourth-order valence-corrected chi connectivity index (χ4v) is 5.38. The zero-order valence-corrected chi connectivity index (χ0v) is 21.6. The molecule has 4 heteroatoms. The Balaban J connectivity index is 0.00000196. The van der Waals surface area contributed by atoms with Gasteiger partial charge in [0, 0.05) is 12.8 Å². The second kappa shape index (κ2) is 8.73. The molecule has 3 nitrogen and oxygen atoms in total. The monoisotopic (exact) mass is 428 g/mol. The van der Waals surface area contributed by atoms with Crippen LogP contribution in [-0.2, 0) is 15.1 Å². The number of rotatable bonds is 2. The summed E-state index contributed by atoms with van der Waals surface area (Å²) in [6.07, 6.45) is 8.55. The van der Waals surface area contributed by atoms with Crippen LogP contribution in [0.1, 0.15) is 68.1 Å². The van der Waals surface area contributed by atoms with Crippen LogP contribution in [0.15, 0.2) is 12.1 Å². The van der Waals surface area contributed by atoms with Crippen LogP contribution >= 0.6 is 0 Å². The topological polar surface area (TPSA) is 38.7 Å². The predicted octanol–water partition coefficient (Wildman–Crippen LogP) is 1.42. The molecule has 4 rings (SSSR count). The molecule has 0 bridgehead atoms. The Labute approximate surface area is 207 Å². The van der Waals surface area contributed by atoms with Gasteiger partial charge in [0.25, 0.3) is 0 Å². The van der Waals surface area contributed by atoms with Crippen molar-refractivity contribution in [2.75, 3.05) is 13.2 Å². The van der Waals surface area contributed by atoms with E-state index in [1.54, 1.807) is 0 Å². The first-order valence-corrected chi connectivity index (χ1v) is 10.0. The van der Waals surface area contributed by atoms with Crippen LogP contribution in [0.3, 0.4) is 0 Å². The summed E-state index contributed by atoms with van der Waals surface area (Å²) >= 11 is 0. The first-order chi connectivity index (χ1) is 12.0. The molecule has 1 spiro atoms. The van der Waals surface area contributed by atoms with E-state index < -0.39 is 5.60 Å². The SMILES string of the molecule is Cc1[c-]ccc(C2(O)CCC(C3CCC4(CC3)OCCO4)CC2)c1C.[Rb+]. The number of ether oxygens (including phenoxy) is 2. The van der Waals surface area contributed by atoms with Crippen molar-refractivity contribution in [1.82, 2.24) is 0 Å². The van der Waals surface area contributed by atoms with Crippen molar-refractivity contribution in [3.05, 3.63) is 34.9 Å². The smallest absolute Gasteiger partial charge is 0.387 e. The van der Waals surface area contributed by atoms with Gasteiger partial charge < -0.3 is 14.6 Å². The maximum absolute atomic E-state index is 11.3. The molecule has 1 saturated heterocycles. The van der Waals surface area contributed by atoms with Crippen molar-refractivity contribution in [1.29, 1.82) is 0 Å². The molecule has 0 radical (unpaired) electrons. The third-order valence-corrected chi connectivity index (χ3v) is 7.15. The molecular formula is C22H31O3Rb. The molecule has 1 aromatic carbocycles. The van der Waals surface area contributed by atoms with Gasteiger partial charge in [-0.25, -0.2) is 0 Å². The van der Waals surface area contributed by atoms with E-state index in [0.29, 0.717) is 0 Å². The fraction of sp³-hybridized carbons (Fsp3) is 0.727. The van der Waals surface area contributed by atoms with Gasteiger partial charge >= 0.3 is 58.2 Å². The zero-order chi connectivity index (χ0) is 17.5. The van der Waals surface area contributed by atoms with E-state index >= 15 is 0 Å². The molecule has 138 valence electrons. The fourth-order valence-electron chi connectivity index (χ4n) is 5.38. The van der Waals surface area contributed by atoms with Gasteiger partial charge in [-0.15, -0.1) is 5.56 Å². The molecule has 3 fully saturated rings. The van der Waals surface area contributed by atoms with Crippen molar-refractivity contribution < 1.29 is 72.8 Å².